The van der Waals surface area contributed by atoms with E-state index in [-0.39, 0.29) is 108 Å². The lowest BCUT2D eigenvalue weighted by Gasteiger charge is -2.30. The van der Waals surface area contributed by atoms with Crippen LogP contribution in [0.3, 0.4) is 0 Å². The van der Waals surface area contributed by atoms with Crippen LogP contribution >= 0.6 is 0 Å². The molecule has 1 rings (SSSR count). The molecule has 0 aromatic rings. The molecule has 19 amide bonds. The third kappa shape index (κ3) is 44.5. The van der Waals surface area contributed by atoms with Crippen molar-refractivity contribution in [3.8, 4) is 0 Å². The van der Waals surface area contributed by atoms with Crippen LogP contribution in [0.4, 0.5) is 0 Å². The number of nitrogens with two attached hydrogens (primary N) is 6. The largest absolute Gasteiger partial charge is 0.481 e. The van der Waals surface area contributed by atoms with Gasteiger partial charge in [-0.05, 0) is 128 Å². The van der Waals surface area contributed by atoms with Gasteiger partial charge in [-0.25, -0.2) is 4.79 Å². The van der Waals surface area contributed by atoms with Gasteiger partial charge in [0.05, 0.1) is 50.9 Å². The highest BCUT2D eigenvalue weighted by Crippen LogP contribution is 2.21. The number of aliphatic imine (C=N–C) groups is 1. The van der Waals surface area contributed by atoms with Gasteiger partial charge in [-0.1, -0.05) is 69.2 Å². The van der Waals surface area contributed by atoms with Crippen LogP contribution in [0.25, 0.3) is 0 Å². The lowest BCUT2D eigenvalue weighted by molar-refractivity contribution is -0.143. The number of carboxylic acids is 4. The van der Waals surface area contributed by atoms with Gasteiger partial charge in [-0.3, -0.25) is 110 Å². The predicted molar refractivity (Wildman–Crippen MR) is 466 cm³/mol. The number of carbonyl (C=O) groups excluding carboxylic acids is 19. The number of aliphatic hydroxyl groups is 1. The maximum atomic E-state index is 14.7. The average Bonchev–Trinajstić information content (AvgIpc) is 1.66. The molecule has 0 unspecified atom stereocenters. The second-order valence-electron chi connectivity index (χ2n) is 34.0. The zero-order valence-electron chi connectivity index (χ0n) is 76.5. The van der Waals surface area contributed by atoms with Gasteiger partial charge >= 0.3 is 23.9 Å². The zero-order valence-corrected chi connectivity index (χ0v) is 76.5. The first-order valence-corrected chi connectivity index (χ1v) is 43.1. The highest BCUT2D eigenvalue weighted by atomic mass is 16.4. The SMILES string of the molecule is CC(C)C[C@H](NC(=O)CNC(=O)[C@@H]1CCCN1C(=O)[C@H](CCCN=C(N)N)NC(=O)[C@H](CC(=O)O)NC(=O)[C@H](C)NC(=O)[C@H](CC(N)=O)NC(=O)[C@@H](NC(=O)[C@H](CC(=O)O)NC(=O)CNC(=O)[C@@H](NC(=O)[C@@H](NC(=O)[C@H](C)NC(=O)[C@@H](N)CCC(N)=O)[C@@H](C)O)C(C)C)C(C)C)C(=O)N[C@@H](CC(C)C)C(=O)N[C@@H](CC(=O)O)C(=O)N[C@@H](CC(C)C)C(=O)N[C@@H](CCCCN)C(=O)O. The van der Waals surface area contributed by atoms with E-state index in [1.807, 2.05) is 0 Å². The summed E-state index contributed by atoms with van der Waals surface area (Å²) in [6, 6.07) is -25.9. The van der Waals surface area contributed by atoms with Gasteiger partial charge in [0.2, 0.25) is 112 Å². The van der Waals surface area contributed by atoms with E-state index in [4.69, 9.17) is 34.4 Å². The summed E-state index contributed by atoms with van der Waals surface area (Å²) in [6.45, 7) is 17.3. The molecule has 0 bridgehead atoms. The molecule has 52 nitrogen and oxygen atoms in total. The Morgan fingerprint density at radius 1 is 0.379 bits per heavy atom. The molecule has 0 radical (unpaired) electrons. The van der Waals surface area contributed by atoms with E-state index in [0.29, 0.717) is 12.8 Å². The number of nitrogens with zero attached hydrogens (tertiary/aromatic N) is 2. The zero-order chi connectivity index (χ0) is 101. The Hall–Kier alpha value is -13.0. The van der Waals surface area contributed by atoms with Crippen molar-refractivity contribution in [3.05, 3.63) is 0 Å². The second-order valence-corrected chi connectivity index (χ2v) is 34.0. The minimum atomic E-state index is -2.07. The summed E-state index contributed by atoms with van der Waals surface area (Å²) < 4.78 is 0. The molecule has 17 atom stereocenters. The van der Waals surface area contributed by atoms with Crippen LogP contribution in [0, 0.1) is 29.6 Å². The first kappa shape index (κ1) is 117. The molecule has 33 N–H and O–H groups in total. The third-order valence-electron chi connectivity index (χ3n) is 20.0. The maximum Gasteiger partial charge on any atom is 0.326 e. The normalized spacial score (nSPS) is 16.0. The van der Waals surface area contributed by atoms with Gasteiger partial charge in [-0.2, -0.15) is 0 Å². The van der Waals surface area contributed by atoms with Crippen LogP contribution in [0.15, 0.2) is 4.99 Å². The topological polar surface area (TPSA) is 858 Å². The van der Waals surface area contributed by atoms with Crippen molar-refractivity contribution in [1.29, 1.82) is 0 Å². The van der Waals surface area contributed by atoms with Crippen LogP contribution in [0.1, 0.15) is 193 Å². The predicted octanol–water partition coefficient (Wildman–Crippen LogP) is -9.97. The number of carbonyl (C=O) groups is 23. The summed E-state index contributed by atoms with van der Waals surface area (Å²) in [6.07, 6.45) is -5.98. The van der Waals surface area contributed by atoms with Crippen molar-refractivity contribution >= 4 is 142 Å². The molecule has 744 valence electrons. The van der Waals surface area contributed by atoms with Crippen molar-refractivity contribution in [2.75, 3.05) is 32.7 Å². The van der Waals surface area contributed by atoms with E-state index in [1.165, 1.54) is 34.6 Å². The molecular weight excluding hydrogens is 1750 g/mol. The lowest BCUT2D eigenvalue weighted by atomic mass is 9.99. The smallest absolute Gasteiger partial charge is 0.326 e. The Morgan fingerprint density at radius 2 is 0.742 bits per heavy atom. The number of aliphatic carboxylic acids is 4. The average molecular weight is 1880 g/mol. The van der Waals surface area contributed by atoms with Gasteiger partial charge < -0.3 is 150 Å². The van der Waals surface area contributed by atoms with Crippen molar-refractivity contribution in [2.45, 2.75) is 296 Å². The fraction of sp³-hybridized carbons (Fsp3) is 0.700. The van der Waals surface area contributed by atoms with Crippen molar-refractivity contribution in [3.63, 3.8) is 0 Å². The summed E-state index contributed by atoms with van der Waals surface area (Å²) >= 11 is 0. The molecule has 1 fully saturated rings. The Balaban J connectivity index is 3.42. The number of aliphatic hydroxyl groups excluding tert-OH is 1. The molecular formula is C80H136N24O28. The summed E-state index contributed by atoms with van der Waals surface area (Å²) in [7, 11) is 0. The minimum absolute atomic E-state index is 0.00962. The number of hydrogen-bond acceptors (Lipinski definition) is 27. The van der Waals surface area contributed by atoms with Crippen LogP contribution < -0.4 is 119 Å². The molecule has 0 aromatic heterocycles. The van der Waals surface area contributed by atoms with Gasteiger partial charge in [0, 0.05) is 19.5 Å². The molecule has 0 saturated carbocycles. The Bertz CT molecular complexity index is 4090. The maximum absolute atomic E-state index is 14.7. The number of nitrogens with one attached hydrogen (secondary N) is 16. The summed E-state index contributed by atoms with van der Waals surface area (Å²) in [4.78, 5) is 311. The number of carboxylic acid groups (broad SMARTS) is 4. The lowest BCUT2D eigenvalue weighted by Crippen LogP contribution is -2.61. The van der Waals surface area contributed by atoms with Gasteiger partial charge in [0.15, 0.2) is 5.96 Å². The molecule has 1 heterocycles. The molecule has 1 aliphatic rings. The quantitative estimate of drug-likeness (QED) is 0.0153. The van der Waals surface area contributed by atoms with E-state index in [0.717, 1.165) is 18.7 Å². The second kappa shape index (κ2) is 58.6. The van der Waals surface area contributed by atoms with Gasteiger partial charge in [-0.15, -0.1) is 0 Å². The molecule has 0 aliphatic carbocycles. The van der Waals surface area contributed by atoms with Crippen LogP contribution in [0.2, 0.25) is 0 Å². The third-order valence-corrected chi connectivity index (χ3v) is 20.0. The standard InChI is InChI=1S/C80H136N24O28/c1-35(2)26-46(68(120)97-48(28-37(5)6)70(122)99-52(32-60(114)115)72(124)98-47(27-36(3)4)69(121)95-45(79(131)132)18-14-15-23-81)92-56(108)33-88-74(126)53-20-17-25-104(53)78(130)44(19-16-24-87-80(85)86)94-71(123)51(31-59(112)113)96-64(116)40(11)91-67(119)49(29-55(84)107)100-76(128)62(39(9)10)101-73(125)50(30-58(110)111)93-57(109)34-89-75(127)61(38(7)8)102-77(129)63(42(13)105)103-65(117)41(12)90-66(118)43(82)21-22-54(83)106/h35-53,61-63,105H,14-34,81-82H2,1-13H3,(H2,83,106)(H2,84,107)(H,88,126)(H,89,127)(H,90,118)(H,91,119)(H,92,108)(H,93,109)(H,94,123)(H,95,121)(H,96,116)(H,97,120)(H,98,124)(H,99,122)(H,100,128)(H,101,125)(H,102,129)(H,103,117)(H,110,111)(H,112,113)(H,114,115)(H,131,132)(H4,85,86,87)/t40-,41-,42+,43-,44-,45-,46-,47-,48-,49-,50-,51-,52-,53-,61-,62-,63-/m0/s1. The van der Waals surface area contributed by atoms with E-state index < -0.39 is 289 Å². The first-order chi connectivity index (χ1) is 61.4. The molecule has 1 saturated heterocycles. The number of amides is 19. The van der Waals surface area contributed by atoms with Crippen LogP contribution in [0.5, 0.6) is 0 Å². The van der Waals surface area contributed by atoms with Gasteiger partial charge in [0.1, 0.15) is 90.6 Å². The molecule has 0 spiro atoms. The van der Waals surface area contributed by atoms with Crippen molar-refractivity contribution < 1.29 is 136 Å². The highest BCUT2D eigenvalue weighted by molar-refractivity contribution is 6.03. The Morgan fingerprint density at radius 3 is 1.19 bits per heavy atom. The Kier molecular flexibility index (Phi) is 51.9. The highest BCUT2D eigenvalue weighted by Gasteiger charge is 2.43. The number of likely N-dealkylation sites (tertiary alicyclic amines) is 1. The van der Waals surface area contributed by atoms with E-state index in [2.05, 4.69) is 90.1 Å². The monoisotopic (exact) mass is 1880 g/mol. The van der Waals surface area contributed by atoms with E-state index in [1.54, 1.807) is 41.5 Å². The van der Waals surface area contributed by atoms with Gasteiger partial charge in [0.25, 0.3) is 0 Å². The van der Waals surface area contributed by atoms with E-state index in [9.17, 15) is 136 Å². The first-order valence-electron chi connectivity index (χ1n) is 43.1. The van der Waals surface area contributed by atoms with Crippen LogP contribution in [-0.2, 0) is 110 Å². The fourth-order valence-electron chi connectivity index (χ4n) is 13.1. The fourth-order valence-corrected chi connectivity index (χ4v) is 13.1. The van der Waals surface area contributed by atoms with Crippen molar-refractivity contribution in [1.82, 2.24) is 90.0 Å². The molecule has 132 heavy (non-hydrogen) atoms. The Labute approximate surface area is 762 Å². The van der Waals surface area contributed by atoms with Crippen molar-refractivity contribution in [2.24, 2.45) is 69.0 Å². The summed E-state index contributed by atoms with van der Waals surface area (Å²) in [5, 5.41) is 87.0. The number of unbranched alkanes of at least 4 members (excludes halogenated alkanes) is 1. The van der Waals surface area contributed by atoms with E-state index >= 15 is 0 Å². The minimum Gasteiger partial charge on any atom is -0.481 e. The number of primary amides is 2. The molecule has 0 aromatic carbocycles. The summed E-state index contributed by atoms with van der Waals surface area (Å²) in [5.74, 6) is -29.8. The summed E-state index contributed by atoms with van der Waals surface area (Å²) in [5.41, 5.74) is 32.9. The molecule has 52 heteroatoms. The number of rotatable bonds is 62. The number of guanidine groups is 1. The number of hydrogen-bond donors (Lipinski definition) is 27. The van der Waals surface area contributed by atoms with Crippen LogP contribution in [-0.4, -0.2) is 308 Å². The molecule has 1 aliphatic heterocycles.